The molecule has 1 N–H and O–H groups in total. The van der Waals surface area contributed by atoms with Gasteiger partial charge in [-0.25, -0.2) is 8.42 Å². The zero-order chi connectivity index (χ0) is 21.1. The summed E-state index contributed by atoms with van der Waals surface area (Å²) in [5.41, 5.74) is 1.75. The second-order valence-corrected chi connectivity index (χ2v) is 9.71. The van der Waals surface area contributed by atoms with Crippen LogP contribution in [-0.2, 0) is 10.0 Å². The van der Waals surface area contributed by atoms with Crippen LogP contribution in [0.1, 0.15) is 42.7 Å². The van der Waals surface area contributed by atoms with Crippen molar-refractivity contribution < 1.29 is 13.5 Å². The van der Waals surface area contributed by atoms with Gasteiger partial charge in [-0.15, -0.1) is 0 Å². The van der Waals surface area contributed by atoms with Gasteiger partial charge in [-0.2, -0.15) is 9.57 Å². The van der Waals surface area contributed by atoms with Gasteiger partial charge in [0.25, 0.3) is 0 Å². The normalized spacial score (nSPS) is 24.5. The molecule has 0 radical (unpaired) electrons. The fourth-order valence-electron chi connectivity index (χ4n) is 4.45. The molecule has 6 heteroatoms. The molecule has 30 heavy (non-hydrogen) atoms. The number of rotatable bonds is 4. The third-order valence-corrected chi connectivity index (χ3v) is 7.99. The molecule has 2 fully saturated rings. The zero-order valence-corrected chi connectivity index (χ0v) is 17.4. The summed E-state index contributed by atoms with van der Waals surface area (Å²) in [4.78, 5) is 0.125. The molecule has 2 aliphatic rings. The fraction of sp³-hybridized carbons (Fsp3) is 0.375. The summed E-state index contributed by atoms with van der Waals surface area (Å²) >= 11 is 0. The Balaban J connectivity index is 1.57. The van der Waals surface area contributed by atoms with E-state index in [-0.39, 0.29) is 17.4 Å². The van der Waals surface area contributed by atoms with E-state index in [0.29, 0.717) is 5.92 Å². The molecule has 0 aromatic heterocycles. The first-order valence-corrected chi connectivity index (χ1v) is 11.7. The summed E-state index contributed by atoms with van der Waals surface area (Å²) in [5.74, 6) is 6.65. The van der Waals surface area contributed by atoms with Gasteiger partial charge in [0.05, 0.1) is 23.6 Å². The van der Waals surface area contributed by atoms with Crippen molar-refractivity contribution in [2.45, 2.75) is 48.6 Å². The van der Waals surface area contributed by atoms with E-state index in [0.717, 1.165) is 15.4 Å². The fourth-order valence-corrected chi connectivity index (χ4v) is 6.23. The van der Waals surface area contributed by atoms with Crippen molar-refractivity contribution in [2.75, 3.05) is 6.61 Å². The van der Waals surface area contributed by atoms with E-state index in [2.05, 4.69) is 17.9 Å². The molecule has 154 valence electrons. The highest BCUT2D eigenvalue weighted by atomic mass is 32.2. The van der Waals surface area contributed by atoms with Crippen molar-refractivity contribution in [3.05, 3.63) is 65.7 Å². The van der Waals surface area contributed by atoms with Crippen molar-refractivity contribution in [1.29, 1.82) is 5.26 Å². The highest BCUT2D eigenvalue weighted by Crippen LogP contribution is 2.43. The van der Waals surface area contributed by atoms with Crippen LogP contribution in [0.25, 0.3) is 0 Å². The molecular weight excluding hydrogens is 396 g/mol. The Morgan fingerprint density at radius 2 is 1.70 bits per heavy atom. The smallest absolute Gasteiger partial charge is 0.244 e. The Morgan fingerprint density at radius 1 is 1.03 bits per heavy atom. The predicted octanol–water partition coefficient (Wildman–Crippen LogP) is 3.27. The maximum atomic E-state index is 13.0. The maximum absolute atomic E-state index is 13.0. The minimum atomic E-state index is -3.86. The Morgan fingerprint density at radius 3 is 2.30 bits per heavy atom. The number of hydrogen-bond donors (Lipinski definition) is 1. The van der Waals surface area contributed by atoms with E-state index in [9.17, 15) is 18.8 Å². The molecule has 5 nitrogen and oxygen atoms in total. The summed E-state index contributed by atoms with van der Waals surface area (Å²) in [5, 5.41) is 19.6. The van der Waals surface area contributed by atoms with E-state index < -0.39 is 22.1 Å². The molecule has 0 spiro atoms. The van der Waals surface area contributed by atoms with Crippen molar-refractivity contribution in [1.82, 2.24) is 4.31 Å². The topological polar surface area (TPSA) is 81.4 Å². The third-order valence-electron chi connectivity index (χ3n) is 6.07. The SMILES string of the molecule is N#C[C@@H]1[C@@H](c2ccc(C#CC3CCCC3)cc2)[C@H](CO)N1S(=O)(=O)c1ccccc1. The molecule has 1 aliphatic carbocycles. The molecule has 1 heterocycles. The Hall–Kier alpha value is -2.64. The van der Waals surface area contributed by atoms with Crippen LogP contribution in [0, 0.1) is 29.1 Å². The van der Waals surface area contributed by atoms with Gasteiger partial charge in [-0.1, -0.05) is 55.0 Å². The first kappa shape index (κ1) is 20.6. The lowest BCUT2D eigenvalue weighted by atomic mass is 9.78. The lowest BCUT2D eigenvalue weighted by Crippen LogP contribution is -2.64. The van der Waals surface area contributed by atoms with E-state index in [1.54, 1.807) is 18.2 Å². The predicted molar refractivity (Wildman–Crippen MR) is 114 cm³/mol. The number of benzene rings is 2. The number of nitriles is 1. The second-order valence-electron chi connectivity index (χ2n) is 7.87. The Kier molecular flexibility index (Phi) is 5.92. The van der Waals surface area contributed by atoms with Gasteiger partial charge in [-0.05, 0) is 42.7 Å². The molecule has 1 saturated heterocycles. The lowest BCUT2D eigenvalue weighted by Gasteiger charge is -2.50. The lowest BCUT2D eigenvalue weighted by molar-refractivity contribution is 0.0557. The molecule has 3 atom stereocenters. The third kappa shape index (κ3) is 3.75. The summed E-state index contributed by atoms with van der Waals surface area (Å²) in [7, 11) is -3.86. The average molecular weight is 421 g/mol. The van der Waals surface area contributed by atoms with E-state index in [1.807, 2.05) is 24.3 Å². The van der Waals surface area contributed by atoms with Crippen LogP contribution in [0.5, 0.6) is 0 Å². The number of hydrogen-bond acceptors (Lipinski definition) is 4. The summed E-state index contributed by atoms with van der Waals surface area (Å²) in [6.45, 7) is -0.349. The van der Waals surface area contributed by atoms with E-state index >= 15 is 0 Å². The maximum Gasteiger partial charge on any atom is 0.244 e. The van der Waals surface area contributed by atoms with Gasteiger partial charge in [-0.3, -0.25) is 0 Å². The second kappa shape index (κ2) is 8.62. The summed E-state index contributed by atoms with van der Waals surface area (Å²) in [6, 6.07) is 16.2. The van der Waals surface area contributed by atoms with Crippen molar-refractivity contribution in [3.8, 4) is 17.9 Å². The van der Waals surface area contributed by atoms with Gasteiger partial charge >= 0.3 is 0 Å². The monoisotopic (exact) mass is 420 g/mol. The van der Waals surface area contributed by atoms with Crippen molar-refractivity contribution >= 4 is 10.0 Å². The zero-order valence-electron chi connectivity index (χ0n) is 16.6. The number of aliphatic hydroxyl groups excluding tert-OH is 1. The first-order valence-electron chi connectivity index (χ1n) is 10.3. The van der Waals surface area contributed by atoms with Crippen molar-refractivity contribution in [2.24, 2.45) is 5.92 Å². The van der Waals surface area contributed by atoms with Gasteiger partial charge in [0.2, 0.25) is 10.0 Å². The molecule has 2 aromatic rings. The van der Waals surface area contributed by atoms with Crippen LogP contribution < -0.4 is 0 Å². The van der Waals surface area contributed by atoms with E-state index in [4.69, 9.17) is 0 Å². The highest BCUT2D eigenvalue weighted by Gasteiger charge is 2.55. The van der Waals surface area contributed by atoms with Crippen molar-refractivity contribution in [3.63, 3.8) is 0 Å². The van der Waals surface area contributed by atoms with Gasteiger partial charge in [0, 0.05) is 17.4 Å². The van der Waals surface area contributed by atoms with Gasteiger partial charge in [0.1, 0.15) is 6.04 Å². The molecule has 0 amide bonds. The van der Waals surface area contributed by atoms with Crippen LogP contribution in [0.2, 0.25) is 0 Å². The number of sulfonamides is 1. The Bertz CT molecular complexity index is 1090. The molecular formula is C24H24N2O3S. The molecule has 4 rings (SSSR count). The minimum absolute atomic E-state index is 0.125. The Labute approximate surface area is 178 Å². The van der Waals surface area contributed by atoms with Gasteiger partial charge in [0.15, 0.2) is 0 Å². The highest BCUT2D eigenvalue weighted by molar-refractivity contribution is 7.89. The van der Waals surface area contributed by atoms with Crippen LogP contribution >= 0.6 is 0 Å². The molecule has 1 aliphatic heterocycles. The number of aliphatic hydroxyl groups is 1. The minimum Gasteiger partial charge on any atom is -0.395 e. The molecule has 1 saturated carbocycles. The summed E-state index contributed by atoms with van der Waals surface area (Å²) < 4.78 is 27.2. The average Bonchev–Trinajstić information content (AvgIpc) is 3.27. The van der Waals surface area contributed by atoms with Gasteiger partial charge < -0.3 is 5.11 Å². The molecule has 0 bridgehead atoms. The quantitative estimate of drug-likeness (QED) is 0.770. The largest absolute Gasteiger partial charge is 0.395 e. The van der Waals surface area contributed by atoms with Crippen LogP contribution in [-0.4, -0.2) is 36.5 Å². The van der Waals surface area contributed by atoms with Crippen LogP contribution in [0.15, 0.2) is 59.5 Å². The first-order chi connectivity index (χ1) is 14.6. The van der Waals surface area contributed by atoms with Crippen LogP contribution in [0.4, 0.5) is 0 Å². The van der Waals surface area contributed by atoms with Crippen LogP contribution in [0.3, 0.4) is 0 Å². The van der Waals surface area contributed by atoms with E-state index in [1.165, 1.54) is 37.8 Å². The molecule has 0 unspecified atom stereocenters. The standard InChI is InChI=1S/C24H24N2O3S/c25-16-22-24(20-14-12-19(13-15-20)11-10-18-6-4-5-7-18)23(17-27)26(22)30(28,29)21-8-2-1-3-9-21/h1-3,8-9,12-15,18,22-24,27H,4-7,17H2/t22-,23+,24-/m1/s1. The number of nitrogens with zero attached hydrogens (tertiary/aromatic N) is 2. The molecule has 2 aromatic carbocycles. The summed E-state index contributed by atoms with van der Waals surface area (Å²) in [6.07, 6.45) is 4.84.